The van der Waals surface area contributed by atoms with Crippen molar-refractivity contribution in [1.29, 1.82) is 0 Å². The van der Waals surface area contributed by atoms with Crippen LogP contribution in [0.3, 0.4) is 0 Å². The van der Waals surface area contributed by atoms with Gasteiger partial charge < -0.3 is 5.41 Å². The number of Topliss-reactive ketones (excluding diaryl/α,β-unsaturated/α-hetero) is 1. The Morgan fingerprint density at radius 2 is 1.73 bits per heavy atom. The molecular weight excluding hydrogens is 340 g/mol. The van der Waals surface area contributed by atoms with Gasteiger partial charge in [-0.15, -0.1) is 4.57 Å². The maximum Gasteiger partial charge on any atom is 0.280 e. The summed E-state index contributed by atoms with van der Waals surface area (Å²) in [4.78, 5) is 12.6. The average Bonchev–Trinajstić information content (AvgIpc) is 2.56. The predicted octanol–water partition coefficient (Wildman–Crippen LogP) is 3.85. The van der Waals surface area contributed by atoms with E-state index in [0.717, 1.165) is 15.4 Å². The second-order valence-corrected chi connectivity index (χ2v) is 5.66. The summed E-state index contributed by atoms with van der Waals surface area (Å²) in [5.74, 6) is 1.75. The Balaban J connectivity index is 2.21. The number of pyridine rings is 1. The number of benzene rings is 2. The fourth-order valence-electron chi connectivity index (χ4n) is 2.33. The molecule has 0 aliphatic rings. The van der Waals surface area contributed by atoms with Crippen LogP contribution in [-0.2, 0) is 0 Å². The van der Waals surface area contributed by atoms with Crippen LogP contribution in [-0.4, -0.2) is 11.7 Å². The van der Waals surface area contributed by atoms with Gasteiger partial charge in [-0.05, 0) is 28.1 Å². The molecule has 0 radical (unpaired) electrons. The van der Waals surface area contributed by atoms with Crippen molar-refractivity contribution in [3.8, 4) is 0 Å². The number of aromatic nitrogens is 1. The molecule has 0 atom stereocenters. The van der Waals surface area contributed by atoms with E-state index < -0.39 is 0 Å². The highest BCUT2D eigenvalue weighted by Crippen LogP contribution is 2.18. The number of nitrogens with zero attached hydrogens (tertiary/aromatic N) is 2. The Bertz CT molecular complexity index is 913. The highest BCUT2D eigenvalue weighted by molar-refractivity contribution is 9.10. The molecule has 0 bridgehead atoms. The number of carbonyl (C=O) groups excluding carboxylic acids is 1. The lowest BCUT2D eigenvalue weighted by molar-refractivity contribution is -0.546. The minimum Gasteiger partial charge on any atom is -0.758 e. The molecule has 0 saturated carbocycles. The number of halogens is 1. The van der Waals surface area contributed by atoms with Gasteiger partial charge >= 0.3 is 0 Å². The molecule has 0 saturated heterocycles. The van der Waals surface area contributed by atoms with Crippen molar-refractivity contribution in [2.75, 3.05) is 0 Å². The van der Waals surface area contributed by atoms with E-state index in [-0.39, 0.29) is 11.5 Å². The first kappa shape index (κ1) is 14.4. The zero-order valence-corrected chi connectivity index (χ0v) is 13.1. The second kappa shape index (κ2) is 6.06. The van der Waals surface area contributed by atoms with E-state index in [0.29, 0.717) is 5.56 Å². The van der Waals surface area contributed by atoms with Crippen molar-refractivity contribution < 1.29 is 9.36 Å². The van der Waals surface area contributed by atoms with Gasteiger partial charge in [0, 0.05) is 17.0 Å². The summed E-state index contributed by atoms with van der Waals surface area (Å²) in [5, 5.41) is 10.5. The van der Waals surface area contributed by atoms with Gasteiger partial charge in [0.25, 0.3) is 11.5 Å². The average molecular weight is 351 g/mol. The molecule has 2 aromatic carbocycles. The molecule has 3 aromatic rings. The van der Waals surface area contributed by atoms with E-state index in [9.17, 15) is 10.2 Å². The van der Waals surface area contributed by atoms with Crippen LogP contribution in [0.4, 0.5) is 0 Å². The summed E-state index contributed by atoms with van der Waals surface area (Å²) >= 11 is 3.43. The molecule has 106 valence electrons. The van der Waals surface area contributed by atoms with E-state index in [1.54, 1.807) is 35.0 Å². The largest absolute Gasteiger partial charge is 0.758 e. The molecule has 0 fully saturated rings. The summed E-state index contributed by atoms with van der Waals surface area (Å²) in [6.45, 7) is 0. The maximum absolute atomic E-state index is 12.6. The number of hydrogen-bond donors (Lipinski definition) is 0. The molecule has 1 aromatic heterocycles. The van der Waals surface area contributed by atoms with Crippen LogP contribution in [0.25, 0.3) is 22.0 Å². The fourth-order valence-corrected chi connectivity index (χ4v) is 2.78. The van der Waals surface area contributed by atoms with Gasteiger partial charge in [-0.2, -0.15) is 5.87 Å². The molecule has 3 nitrogen and oxygen atoms in total. The molecule has 0 N–H and O–H groups in total. The molecule has 0 unspecified atom stereocenters. The number of ketones is 1. The Kier molecular flexibility index (Phi) is 3.96. The van der Waals surface area contributed by atoms with Crippen molar-refractivity contribution in [3.63, 3.8) is 0 Å². The maximum atomic E-state index is 12.6. The van der Waals surface area contributed by atoms with Crippen LogP contribution in [0.15, 0.2) is 71.3 Å². The number of fused-ring (bicyclic) bond motifs is 1. The van der Waals surface area contributed by atoms with Gasteiger partial charge in [-0.1, -0.05) is 42.5 Å². The van der Waals surface area contributed by atoms with Crippen LogP contribution >= 0.6 is 15.9 Å². The van der Waals surface area contributed by atoms with Crippen LogP contribution in [0, 0.1) is 0 Å². The lowest BCUT2D eigenvalue weighted by atomic mass is 10.1. The fraction of sp³-hybridized carbons (Fsp3) is 0. The molecule has 4 heteroatoms. The van der Waals surface area contributed by atoms with Crippen molar-refractivity contribution in [3.05, 3.63) is 82.3 Å². The third kappa shape index (κ3) is 2.62. The van der Waals surface area contributed by atoms with Crippen molar-refractivity contribution in [2.24, 2.45) is 0 Å². The zero-order chi connectivity index (χ0) is 15.5. The third-order valence-electron chi connectivity index (χ3n) is 3.34. The van der Waals surface area contributed by atoms with E-state index >= 15 is 0 Å². The Labute approximate surface area is 136 Å². The quantitative estimate of drug-likeness (QED) is 0.306. The van der Waals surface area contributed by atoms with Gasteiger partial charge in [-0.25, -0.2) is 0 Å². The Hall–Kier alpha value is -2.55. The lowest BCUT2D eigenvalue weighted by Gasteiger charge is -2.04. The Morgan fingerprint density at radius 1 is 1.05 bits per heavy atom. The summed E-state index contributed by atoms with van der Waals surface area (Å²) in [6.07, 6.45) is 1.74. The van der Waals surface area contributed by atoms with E-state index in [2.05, 4.69) is 15.9 Å². The molecule has 3 rings (SSSR count). The normalized spacial score (nSPS) is 10.2. The summed E-state index contributed by atoms with van der Waals surface area (Å²) in [5.41, 5.74) is 1.38. The molecule has 1 heterocycles. The molecule has 22 heavy (non-hydrogen) atoms. The van der Waals surface area contributed by atoms with Gasteiger partial charge in [-0.3, -0.25) is 4.79 Å². The molecule has 0 amide bonds. The molecule has 0 aliphatic carbocycles. The third-order valence-corrected chi connectivity index (χ3v) is 3.77. The molecule has 0 spiro atoms. The minimum absolute atomic E-state index is 0.0729. The van der Waals surface area contributed by atoms with Crippen molar-refractivity contribution in [2.45, 2.75) is 0 Å². The minimum atomic E-state index is -0.295. The Morgan fingerprint density at radius 3 is 2.45 bits per heavy atom. The van der Waals surface area contributed by atoms with Crippen molar-refractivity contribution >= 4 is 44.2 Å². The van der Waals surface area contributed by atoms with Crippen molar-refractivity contribution in [1.82, 2.24) is 0 Å². The second-order valence-electron chi connectivity index (χ2n) is 4.74. The molecular formula is C18H11BrN2O. The van der Waals surface area contributed by atoms with E-state index in [1.165, 1.54) is 0 Å². The topological polar surface area (TPSA) is 43.3 Å². The van der Waals surface area contributed by atoms with Crippen LogP contribution in [0.2, 0.25) is 0 Å². The monoisotopic (exact) mass is 350 g/mol. The number of rotatable bonds is 3. The zero-order valence-electron chi connectivity index (χ0n) is 11.5. The SMILES string of the molecule is [N-]=C=C(C(=O)c1ccccc1)[n+]1cc(Br)cc2ccccc21. The van der Waals surface area contributed by atoms with E-state index in [1.807, 2.05) is 42.3 Å². The summed E-state index contributed by atoms with van der Waals surface area (Å²) < 4.78 is 2.44. The van der Waals surface area contributed by atoms with E-state index in [4.69, 9.17) is 0 Å². The van der Waals surface area contributed by atoms with Crippen LogP contribution in [0.5, 0.6) is 0 Å². The first-order chi connectivity index (χ1) is 10.7. The first-order valence-corrected chi connectivity index (χ1v) is 7.47. The summed E-state index contributed by atoms with van der Waals surface area (Å²) in [6, 6.07) is 18.4. The van der Waals surface area contributed by atoms with Crippen LogP contribution < -0.4 is 4.57 Å². The lowest BCUT2D eigenvalue weighted by Crippen LogP contribution is -2.37. The number of hydrogen-bond acceptors (Lipinski definition) is 1. The standard InChI is InChI=1S/C18H11BrN2O/c19-15-10-14-8-4-5-9-16(14)21(12-15)17(11-20)18(22)13-6-2-1-3-7-13/h1-10,12H. The first-order valence-electron chi connectivity index (χ1n) is 6.68. The summed E-state index contributed by atoms with van der Waals surface area (Å²) in [7, 11) is 0. The number of para-hydroxylation sites is 1. The van der Waals surface area contributed by atoms with Gasteiger partial charge in [0.2, 0.25) is 5.52 Å². The van der Waals surface area contributed by atoms with Gasteiger partial charge in [0.15, 0.2) is 6.20 Å². The number of allylic oxidation sites excluding steroid dienone is 1. The highest BCUT2D eigenvalue weighted by atomic mass is 79.9. The highest BCUT2D eigenvalue weighted by Gasteiger charge is 2.23. The molecule has 0 aliphatic heterocycles. The van der Waals surface area contributed by atoms with Gasteiger partial charge in [0.05, 0.1) is 4.47 Å². The van der Waals surface area contributed by atoms with Gasteiger partial charge in [0.1, 0.15) is 0 Å². The predicted molar refractivity (Wildman–Crippen MR) is 90.7 cm³/mol. The number of carbonyl (C=O) groups is 1. The smallest absolute Gasteiger partial charge is 0.280 e. The van der Waals surface area contributed by atoms with Crippen LogP contribution in [0.1, 0.15) is 10.4 Å².